The van der Waals surface area contributed by atoms with Crippen molar-refractivity contribution < 1.29 is 45.8 Å². The van der Waals surface area contributed by atoms with Crippen molar-refractivity contribution in [2.45, 2.75) is 18.4 Å². The average Bonchev–Trinajstić information content (AvgIpc) is 2.11. The predicted octanol–water partition coefficient (Wildman–Crippen LogP) is 0.943. The first-order valence-electron chi connectivity index (χ1n) is 4.56. The van der Waals surface area contributed by atoms with Gasteiger partial charge < -0.3 is 15.2 Å². The van der Waals surface area contributed by atoms with Gasteiger partial charge in [-0.3, -0.25) is 4.79 Å². The summed E-state index contributed by atoms with van der Waals surface area (Å²) in [6.07, 6.45) is -11.8. The molecule has 0 radical (unpaired) electrons. The Morgan fingerprint density at radius 2 is 1.58 bits per heavy atom. The molecule has 0 aliphatic heterocycles. The molecular formula is C8H9F6NO4. The number of methoxy groups -OCH3 is 1. The maximum absolute atomic E-state index is 12.1. The molecule has 0 aromatic heterocycles. The average molecular weight is 297 g/mol. The van der Waals surface area contributed by atoms with Crippen LogP contribution in [0.5, 0.6) is 0 Å². The summed E-state index contributed by atoms with van der Waals surface area (Å²) in [4.78, 5) is 21.4. The molecule has 112 valence electrons. The molecule has 0 aliphatic carbocycles. The number of alkyl halides is 6. The van der Waals surface area contributed by atoms with Crippen molar-refractivity contribution in [2.75, 3.05) is 13.7 Å². The van der Waals surface area contributed by atoms with Crippen molar-refractivity contribution in [3.05, 3.63) is 0 Å². The van der Waals surface area contributed by atoms with Gasteiger partial charge in [0.05, 0.1) is 6.61 Å². The summed E-state index contributed by atoms with van der Waals surface area (Å²) in [5.41, 5.74) is 0. The molecule has 0 bridgehead atoms. The second-order valence-corrected chi connectivity index (χ2v) is 3.37. The number of halogens is 6. The zero-order valence-corrected chi connectivity index (χ0v) is 9.30. The monoisotopic (exact) mass is 297 g/mol. The summed E-state index contributed by atoms with van der Waals surface area (Å²) in [5, 5.41) is 9.61. The first-order chi connectivity index (χ1) is 8.41. The van der Waals surface area contributed by atoms with Gasteiger partial charge in [-0.15, -0.1) is 0 Å². The minimum Gasteiger partial charge on any atom is -0.480 e. The zero-order chi connectivity index (χ0) is 15.4. The highest BCUT2D eigenvalue weighted by atomic mass is 19.4. The summed E-state index contributed by atoms with van der Waals surface area (Å²) >= 11 is 0. The fraction of sp³-hybridized carbons (Fsp3) is 0.750. The lowest BCUT2D eigenvalue weighted by Crippen LogP contribution is -2.53. The van der Waals surface area contributed by atoms with Gasteiger partial charge in [-0.1, -0.05) is 0 Å². The molecule has 5 nitrogen and oxygen atoms in total. The molecule has 1 atom stereocenters. The van der Waals surface area contributed by atoms with Crippen molar-refractivity contribution >= 4 is 11.9 Å². The third-order valence-electron chi connectivity index (χ3n) is 1.86. The van der Waals surface area contributed by atoms with E-state index < -0.39 is 42.8 Å². The van der Waals surface area contributed by atoms with Crippen LogP contribution in [0.3, 0.4) is 0 Å². The van der Waals surface area contributed by atoms with Gasteiger partial charge in [-0.2, -0.15) is 26.3 Å². The molecule has 0 fully saturated rings. The van der Waals surface area contributed by atoms with E-state index in [4.69, 9.17) is 5.11 Å². The number of hydrogen-bond donors (Lipinski definition) is 2. The highest BCUT2D eigenvalue weighted by Gasteiger charge is 2.61. The van der Waals surface area contributed by atoms with Crippen molar-refractivity contribution in [1.82, 2.24) is 5.32 Å². The van der Waals surface area contributed by atoms with Gasteiger partial charge in [-0.25, -0.2) is 4.79 Å². The molecule has 0 spiro atoms. The number of amides is 1. The summed E-state index contributed by atoms with van der Waals surface area (Å²) in [7, 11) is 0.965. The van der Waals surface area contributed by atoms with E-state index >= 15 is 0 Å². The number of aliphatic carboxylic acids is 1. The minimum absolute atomic E-state index is 0.774. The maximum atomic E-state index is 12.1. The summed E-state index contributed by atoms with van der Waals surface area (Å²) in [6.45, 7) is -0.774. The lowest BCUT2D eigenvalue weighted by Gasteiger charge is -2.23. The molecule has 19 heavy (non-hydrogen) atoms. The molecule has 0 rings (SSSR count). The normalized spacial score (nSPS) is 14.3. The molecule has 0 heterocycles. The van der Waals surface area contributed by atoms with Crippen LogP contribution in [-0.2, 0) is 14.3 Å². The Labute approximate surface area is 102 Å². The van der Waals surface area contributed by atoms with E-state index in [1.807, 2.05) is 0 Å². The number of hydrogen-bond acceptors (Lipinski definition) is 3. The number of carbonyl (C=O) groups is 2. The Bertz CT molecular complexity index is 325. The van der Waals surface area contributed by atoms with Crippen LogP contribution in [0.25, 0.3) is 0 Å². The third kappa shape index (κ3) is 5.32. The fourth-order valence-corrected chi connectivity index (χ4v) is 1.08. The van der Waals surface area contributed by atoms with Crippen LogP contribution in [0.1, 0.15) is 0 Å². The topological polar surface area (TPSA) is 75.6 Å². The van der Waals surface area contributed by atoms with Gasteiger partial charge in [-0.05, 0) is 0 Å². The molecular weight excluding hydrogens is 288 g/mol. The van der Waals surface area contributed by atoms with Gasteiger partial charge in [0.25, 0.3) is 0 Å². The van der Waals surface area contributed by atoms with Crippen molar-refractivity contribution in [2.24, 2.45) is 5.92 Å². The molecule has 0 aliphatic rings. The zero-order valence-electron chi connectivity index (χ0n) is 9.30. The number of carboxylic acid groups (broad SMARTS) is 1. The number of rotatable bonds is 5. The van der Waals surface area contributed by atoms with Crippen molar-refractivity contribution in [3.8, 4) is 0 Å². The number of carboxylic acids is 1. The molecule has 2 N–H and O–H groups in total. The fourth-order valence-electron chi connectivity index (χ4n) is 1.08. The largest absolute Gasteiger partial charge is 0.480 e. The van der Waals surface area contributed by atoms with Crippen LogP contribution in [0.4, 0.5) is 26.3 Å². The summed E-state index contributed by atoms with van der Waals surface area (Å²) in [5.74, 6) is -8.61. The predicted molar refractivity (Wildman–Crippen MR) is 47.0 cm³/mol. The van der Waals surface area contributed by atoms with Gasteiger partial charge in [0.2, 0.25) is 11.8 Å². The van der Waals surface area contributed by atoms with Gasteiger partial charge in [0, 0.05) is 7.11 Å². The molecule has 11 heteroatoms. The first kappa shape index (κ1) is 17.5. The van der Waals surface area contributed by atoms with Crippen LogP contribution in [0, 0.1) is 5.92 Å². The van der Waals surface area contributed by atoms with Crippen LogP contribution in [0.2, 0.25) is 0 Å². The standard InChI is InChI=1S/C8H9F6NO4/c1-19-2-3(6(17)18)15-5(16)4(7(9,10)11)8(12,13)14/h3-4H,2H2,1H3,(H,15,16)(H,17,18). The number of ether oxygens (including phenoxy) is 1. The minimum atomic E-state index is -5.88. The van der Waals surface area contributed by atoms with Crippen molar-refractivity contribution in [1.29, 1.82) is 0 Å². The molecule has 0 saturated heterocycles. The van der Waals surface area contributed by atoms with Gasteiger partial charge >= 0.3 is 18.3 Å². The van der Waals surface area contributed by atoms with E-state index in [0.29, 0.717) is 0 Å². The summed E-state index contributed by atoms with van der Waals surface area (Å²) < 4.78 is 77.1. The van der Waals surface area contributed by atoms with E-state index in [0.717, 1.165) is 12.4 Å². The molecule has 1 unspecified atom stereocenters. The lowest BCUT2D eigenvalue weighted by molar-refractivity contribution is -0.274. The first-order valence-corrected chi connectivity index (χ1v) is 4.56. The Balaban J connectivity index is 5.08. The third-order valence-corrected chi connectivity index (χ3v) is 1.86. The Kier molecular flexibility index (Phi) is 5.60. The van der Waals surface area contributed by atoms with Crippen LogP contribution in [0.15, 0.2) is 0 Å². The van der Waals surface area contributed by atoms with E-state index in [9.17, 15) is 35.9 Å². The Morgan fingerprint density at radius 3 is 1.84 bits per heavy atom. The number of carbonyl (C=O) groups excluding carboxylic acids is 1. The van der Waals surface area contributed by atoms with Gasteiger partial charge in [0.1, 0.15) is 0 Å². The highest BCUT2D eigenvalue weighted by molar-refractivity contribution is 5.86. The van der Waals surface area contributed by atoms with Gasteiger partial charge in [0.15, 0.2) is 6.04 Å². The number of nitrogens with one attached hydrogen (secondary N) is 1. The van der Waals surface area contributed by atoms with Crippen molar-refractivity contribution in [3.63, 3.8) is 0 Å². The highest BCUT2D eigenvalue weighted by Crippen LogP contribution is 2.39. The second kappa shape index (κ2) is 6.08. The van der Waals surface area contributed by atoms with E-state index in [2.05, 4.69) is 4.74 Å². The smallest absolute Gasteiger partial charge is 0.409 e. The molecule has 0 saturated carbocycles. The Morgan fingerprint density at radius 1 is 1.16 bits per heavy atom. The maximum Gasteiger partial charge on any atom is 0.409 e. The molecule has 1 amide bonds. The lowest BCUT2D eigenvalue weighted by atomic mass is 10.1. The van der Waals surface area contributed by atoms with E-state index in [1.54, 1.807) is 0 Å². The SMILES string of the molecule is COCC(NC(=O)C(C(F)(F)F)C(F)(F)F)C(=O)O. The van der Waals surface area contributed by atoms with Crippen LogP contribution >= 0.6 is 0 Å². The van der Waals surface area contributed by atoms with Crippen LogP contribution < -0.4 is 5.32 Å². The molecule has 0 aromatic rings. The van der Waals surface area contributed by atoms with E-state index in [1.165, 1.54) is 0 Å². The summed E-state index contributed by atoms with van der Waals surface area (Å²) in [6, 6.07) is -2.01. The second-order valence-electron chi connectivity index (χ2n) is 3.37. The Hall–Kier alpha value is -1.52. The molecule has 0 aromatic carbocycles. The van der Waals surface area contributed by atoms with Crippen LogP contribution in [-0.4, -0.2) is 49.1 Å². The quantitative estimate of drug-likeness (QED) is 0.741. The van der Waals surface area contributed by atoms with E-state index in [-0.39, 0.29) is 0 Å².